The Morgan fingerprint density at radius 1 is 1.02 bits per heavy atom. The Morgan fingerprint density at radius 3 is 2.48 bits per heavy atom. The van der Waals surface area contributed by atoms with Crippen LogP contribution >= 0.6 is 0 Å². The van der Waals surface area contributed by atoms with Crippen LogP contribution in [0.4, 0.5) is 28.0 Å². The molecule has 1 fully saturated rings. The molecule has 1 saturated heterocycles. The summed E-state index contributed by atoms with van der Waals surface area (Å²) < 4.78 is 79.8. The van der Waals surface area contributed by atoms with Crippen molar-refractivity contribution in [3.8, 4) is 5.69 Å². The van der Waals surface area contributed by atoms with E-state index in [9.17, 15) is 37.1 Å². The molecule has 5 aromatic rings. The van der Waals surface area contributed by atoms with Gasteiger partial charge in [-0.1, -0.05) is 12.1 Å². The molecule has 0 bridgehead atoms. The first-order valence-electron chi connectivity index (χ1n) is 18.0. The van der Waals surface area contributed by atoms with E-state index in [1.807, 2.05) is 0 Å². The van der Waals surface area contributed by atoms with Gasteiger partial charge in [-0.05, 0) is 62.2 Å². The lowest BCUT2D eigenvalue weighted by Gasteiger charge is -2.38. The number of anilines is 1. The molecule has 19 heteroatoms. The van der Waals surface area contributed by atoms with E-state index in [4.69, 9.17) is 18.9 Å². The number of pyridine rings is 2. The number of nitrogens with zero attached hydrogens (tertiary/aromatic N) is 5. The van der Waals surface area contributed by atoms with E-state index in [1.54, 1.807) is 26.0 Å². The maximum absolute atomic E-state index is 15.8. The summed E-state index contributed by atoms with van der Waals surface area (Å²) in [6, 6.07) is 6.01. The molecular weight excluding hydrogens is 772 g/mol. The summed E-state index contributed by atoms with van der Waals surface area (Å²) in [5.41, 5.74) is -1.06. The number of carbonyl (C=O) groups is 3. The molecule has 0 saturated carbocycles. The second-order valence-electron chi connectivity index (χ2n) is 13.7. The first-order valence-corrected chi connectivity index (χ1v) is 18.0. The van der Waals surface area contributed by atoms with Crippen molar-refractivity contribution in [1.29, 1.82) is 0 Å². The molecule has 4 heterocycles. The number of benzene rings is 2. The molecule has 3 aromatic heterocycles. The molecule has 306 valence electrons. The normalized spacial score (nSPS) is 15.6. The summed E-state index contributed by atoms with van der Waals surface area (Å²) in [7, 11) is 1.48. The van der Waals surface area contributed by atoms with Crippen molar-refractivity contribution in [3.63, 3.8) is 0 Å². The molecule has 1 aliphatic heterocycles. The standard InChI is InChI=1S/C39H38F4N6O9/c1-20(2)56-38(54)58-22(4)57-36(52)28(46-34(50)32-21(3)15-24(17-27(32)40)48-13-14-55-19-31(48)39(41,42)43)16-23-8-9-29(33-25(23)7-6-11-45-33)49-35(51)26-10-12-44-18-30(26)47(5)37(49)53/h6-12,15,17-18,20,22,28,31H,13-14,16,19H2,1-5H3,(H,46,50)/t22?,28?,31-/m1/s1. The van der Waals surface area contributed by atoms with Crippen LogP contribution in [0.1, 0.15) is 42.3 Å². The molecule has 15 nitrogen and oxygen atoms in total. The number of halogens is 4. The predicted molar refractivity (Wildman–Crippen MR) is 200 cm³/mol. The van der Waals surface area contributed by atoms with Crippen molar-refractivity contribution in [2.45, 2.75) is 64.8 Å². The number of hydrogen-bond donors (Lipinski definition) is 1. The van der Waals surface area contributed by atoms with Crippen molar-refractivity contribution < 1.29 is 50.9 Å². The van der Waals surface area contributed by atoms with Gasteiger partial charge in [0.2, 0.25) is 6.29 Å². The number of amides is 1. The highest BCUT2D eigenvalue weighted by Gasteiger charge is 2.46. The van der Waals surface area contributed by atoms with Gasteiger partial charge >= 0.3 is 24.0 Å². The summed E-state index contributed by atoms with van der Waals surface area (Å²) >= 11 is 0. The van der Waals surface area contributed by atoms with Crippen LogP contribution in [0, 0.1) is 12.7 Å². The minimum atomic E-state index is -4.68. The van der Waals surface area contributed by atoms with Crippen LogP contribution in [0.5, 0.6) is 0 Å². The molecule has 1 amide bonds. The van der Waals surface area contributed by atoms with E-state index in [2.05, 4.69) is 15.3 Å². The van der Waals surface area contributed by atoms with Crippen molar-refractivity contribution in [3.05, 3.63) is 104 Å². The number of ether oxygens (including phenoxy) is 4. The Hall–Kier alpha value is -6.37. The molecule has 58 heavy (non-hydrogen) atoms. The first-order chi connectivity index (χ1) is 27.5. The fourth-order valence-corrected chi connectivity index (χ4v) is 6.71. The van der Waals surface area contributed by atoms with Crippen molar-refractivity contribution in [1.82, 2.24) is 24.4 Å². The van der Waals surface area contributed by atoms with Gasteiger partial charge in [-0.25, -0.2) is 23.3 Å². The van der Waals surface area contributed by atoms with Crippen LogP contribution in [0.2, 0.25) is 0 Å². The predicted octanol–water partition coefficient (Wildman–Crippen LogP) is 4.64. The largest absolute Gasteiger partial charge is 0.511 e. The van der Waals surface area contributed by atoms with Crippen LogP contribution in [0.3, 0.4) is 0 Å². The zero-order valence-corrected chi connectivity index (χ0v) is 31.8. The summed E-state index contributed by atoms with van der Waals surface area (Å²) in [5, 5.41) is 3.04. The zero-order chi connectivity index (χ0) is 42.1. The Labute approximate surface area is 327 Å². The highest BCUT2D eigenvalue weighted by Crippen LogP contribution is 2.33. The van der Waals surface area contributed by atoms with Gasteiger partial charge in [0.25, 0.3) is 11.5 Å². The van der Waals surface area contributed by atoms with E-state index in [0.29, 0.717) is 16.5 Å². The number of hydrogen-bond acceptors (Lipinski definition) is 12. The Bertz CT molecular complexity index is 2500. The molecule has 0 spiro atoms. The van der Waals surface area contributed by atoms with Crippen LogP contribution in [-0.4, -0.2) is 87.5 Å². The van der Waals surface area contributed by atoms with Gasteiger partial charge in [-0.3, -0.25) is 24.1 Å². The molecule has 2 unspecified atom stereocenters. The average molecular weight is 811 g/mol. The molecule has 3 atom stereocenters. The van der Waals surface area contributed by atoms with Gasteiger partial charge in [-0.15, -0.1) is 0 Å². The third-order valence-electron chi connectivity index (χ3n) is 9.38. The van der Waals surface area contributed by atoms with Crippen molar-refractivity contribution >= 4 is 45.5 Å². The molecule has 1 aliphatic rings. The Kier molecular flexibility index (Phi) is 11.8. The summed E-state index contributed by atoms with van der Waals surface area (Å²) in [6.07, 6.45) is -3.99. The van der Waals surface area contributed by atoms with Gasteiger partial charge in [0.1, 0.15) is 17.9 Å². The number of alkyl halides is 3. The molecule has 6 rings (SSSR count). The number of carbonyl (C=O) groups excluding carboxylic acids is 3. The second kappa shape index (κ2) is 16.6. The van der Waals surface area contributed by atoms with Crippen molar-refractivity contribution in [2.75, 3.05) is 24.7 Å². The fourth-order valence-electron chi connectivity index (χ4n) is 6.71. The van der Waals surface area contributed by atoms with E-state index >= 15 is 4.39 Å². The molecule has 0 radical (unpaired) electrons. The zero-order valence-electron chi connectivity index (χ0n) is 31.8. The Morgan fingerprint density at radius 2 is 1.78 bits per heavy atom. The van der Waals surface area contributed by atoms with E-state index in [1.165, 1.54) is 68.3 Å². The number of esters is 1. The topological polar surface area (TPSA) is 173 Å². The second-order valence-corrected chi connectivity index (χ2v) is 13.7. The third kappa shape index (κ3) is 8.48. The number of fused-ring (bicyclic) bond motifs is 2. The molecule has 2 aromatic carbocycles. The number of nitrogens with one attached hydrogen (secondary N) is 1. The fraction of sp³-hybridized carbons (Fsp3) is 0.359. The monoisotopic (exact) mass is 810 g/mol. The highest BCUT2D eigenvalue weighted by molar-refractivity contribution is 5.99. The summed E-state index contributed by atoms with van der Waals surface area (Å²) in [4.78, 5) is 76.3. The number of rotatable bonds is 10. The lowest BCUT2D eigenvalue weighted by atomic mass is 9.99. The van der Waals surface area contributed by atoms with E-state index in [-0.39, 0.29) is 47.4 Å². The average Bonchev–Trinajstić information content (AvgIpc) is 3.16. The molecule has 0 aliphatic carbocycles. The van der Waals surface area contributed by atoms with Crippen molar-refractivity contribution in [2.24, 2.45) is 7.05 Å². The minimum Gasteiger partial charge on any atom is -0.431 e. The number of aromatic nitrogens is 4. The van der Waals surface area contributed by atoms with Gasteiger partial charge < -0.3 is 29.2 Å². The minimum absolute atomic E-state index is 0.0302. The van der Waals surface area contributed by atoms with Gasteiger partial charge in [0.15, 0.2) is 0 Å². The number of aryl methyl sites for hydroxylation is 2. The lowest BCUT2D eigenvalue weighted by molar-refractivity contribution is -0.171. The van der Waals surface area contributed by atoms with Gasteiger partial charge in [-0.2, -0.15) is 13.2 Å². The van der Waals surface area contributed by atoms with E-state index < -0.39 is 77.9 Å². The van der Waals surface area contributed by atoms with Crippen LogP contribution in [-0.2, 0) is 37.2 Å². The molecule has 1 N–H and O–H groups in total. The highest BCUT2D eigenvalue weighted by atomic mass is 19.4. The van der Waals surface area contributed by atoms with Gasteiger partial charge in [0.05, 0.1) is 53.2 Å². The summed E-state index contributed by atoms with van der Waals surface area (Å²) in [5.74, 6) is -3.38. The first kappa shape index (κ1) is 41.3. The molecular formula is C39H38F4N6O9. The Balaban J connectivity index is 1.37. The van der Waals surface area contributed by atoms with E-state index in [0.717, 1.165) is 15.5 Å². The number of morpholine rings is 1. The van der Waals surface area contributed by atoms with Crippen LogP contribution in [0.25, 0.3) is 27.5 Å². The quantitative estimate of drug-likeness (QED) is 0.118. The maximum atomic E-state index is 15.8. The maximum Gasteiger partial charge on any atom is 0.511 e. The smallest absolute Gasteiger partial charge is 0.431 e. The van der Waals surface area contributed by atoms with Gasteiger partial charge in [0, 0.05) is 50.4 Å². The van der Waals surface area contributed by atoms with Crippen LogP contribution < -0.4 is 21.5 Å². The lowest BCUT2D eigenvalue weighted by Crippen LogP contribution is -2.53. The summed E-state index contributed by atoms with van der Waals surface area (Å²) in [6.45, 7) is 4.83. The van der Waals surface area contributed by atoms with Crippen LogP contribution in [0.15, 0.2) is 70.6 Å². The SMILES string of the molecule is Cc1cc(N2CCOC[C@@H]2C(F)(F)F)cc(F)c1C(=O)NC(Cc1ccc(-n2c(=O)c3ccncc3n(C)c2=O)c2ncccc12)C(=O)OC(C)OC(=O)OC(C)C. The third-order valence-corrected chi connectivity index (χ3v) is 9.38.